The summed E-state index contributed by atoms with van der Waals surface area (Å²) in [6, 6.07) is 0.640. The SMILES string of the molecule is CC(C)(O/N=C(\C(=O)N[C@@H]1C(=O)N2C[C@](SC[C@@H]3COCCN3C(=O)c3ccc(O)c(O)c3Cl)(C(=O)O)S[C@H]12)c1csc(N)n1)C(=O)O. The largest absolute Gasteiger partial charge is 0.504 e. The first-order chi connectivity index (χ1) is 22.6. The number of aromatic hydroxyl groups is 2. The van der Waals surface area contributed by atoms with Gasteiger partial charge in [0.25, 0.3) is 11.8 Å². The first-order valence-electron chi connectivity index (χ1n) is 14.0. The van der Waals surface area contributed by atoms with Gasteiger partial charge in [-0.1, -0.05) is 16.8 Å². The Balaban J connectivity index is 1.30. The lowest BCUT2D eigenvalue weighted by molar-refractivity contribution is -0.161. The summed E-state index contributed by atoms with van der Waals surface area (Å²) in [5.41, 5.74) is 3.38. The highest BCUT2D eigenvalue weighted by molar-refractivity contribution is 8.20. The van der Waals surface area contributed by atoms with E-state index < -0.39 is 74.0 Å². The molecule has 0 unspecified atom stereocenters. The number of morpholine rings is 1. The van der Waals surface area contributed by atoms with Gasteiger partial charge in [-0.25, -0.2) is 14.6 Å². The van der Waals surface area contributed by atoms with Gasteiger partial charge in [0, 0.05) is 17.7 Å². The van der Waals surface area contributed by atoms with Crippen molar-refractivity contribution in [2.45, 2.75) is 41.0 Å². The highest BCUT2D eigenvalue weighted by atomic mass is 35.5. The Hall–Kier alpha value is -3.98. The zero-order valence-corrected chi connectivity index (χ0v) is 28.3. The Labute approximate surface area is 289 Å². The number of aliphatic carboxylic acids is 2. The molecule has 5 rings (SSSR count). The lowest BCUT2D eigenvalue weighted by Crippen LogP contribution is -2.68. The summed E-state index contributed by atoms with van der Waals surface area (Å²) < 4.78 is 3.99. The number of hydrogen-bond acceptors (Lipinski definition) is 15. The molecule has 3 fully saturated rings. The van der Waals surface area contributed by atoms with E-state index in [9.17, 15) is 44.4 Å². The fourth-order valence-corrected chi connectivity index (χ4v) is 8.83. The molecule has 3 aliphatic heterocycles. The second kappa shape index (κ2) is 13.5. The number of nitrogens with one attached hydrogen (secondary N) is 1. The molecule has 48 heavy (non-hydrogen) atoms. The van der Waals surface area contributed by atoms with Crippen LogP contribution in [0.4, 0.5) is 5.13 Å². The molecule has 3 aliphatic rings. The fourth-order valence-electron chi connectivity index (χ4n) is 4.85. The number of thiazole rings is 1. The van der Waals surface area contributed by atoms with Crippen molar-refractivity contribution in [3.05, 3.63) is 33.8 Å². The number of oxime groups is 1. The van der Waals surface area contributed by atoms with Crippen molar-refractivity contribution in [2.24, 2.45) is 5.16 Å². The van der Waals surface area contributed by atoms with E-state index in [-0.39, 0.29) is 53.5 Å². The Kier molecular flexibility index (Phi) is 9.93. The standard InChI is InChI=1S/C27H29ClN6O11S3/c1-26(2,23(40)41)45-32-16(13-9-46-25(29)30-13)19(37)31-17-21(39)34-10-27(24(42)43,48-22(17)34)47-8-11-7-44-6-5-33(11)20(38)12-3-4-14(35)18(36)15(12)28/h3-4,9,11,17,22,35-36H,5-8,10H2,1-2H3,(H2,29,30)(H,31,37)(H,40,41)(H,42,43)/b32-16-/t11-,17+,22+,27+/m0/s1. The summed E-state index contributed by atoms with van der Waals surface area (Å²) >= 11 is 9.07. The average Bonchev–Trinajstić information content (AvgIpc) is 3.63. The Morgan fingerprint density at radius 3 is 2.67 bits per heavy atom. The second-order valence-electron chi connectivity index (χ2n) is 11.2. The van der Waals surface area contributed by atoms with Crippen LogP contribution in [0.15, 0.2) is 22.7 Å². The van der Waals surface area contributed by atoms with Crippen LogP contribution >= 0.6 is 46.5 Å². The molecule has 0 radical (unpaired) electrons. The van der Waals surface area contributed by atoms with E-state index in [4.69, 9.17) is 26.9 Å². The number of β-lactam (4-membered cyclic amide) rings is 1. The molecule has 1 aromatic carbocycles. The number of carboxylic acid groups (broad SMARTS) is 2. The number of nitrogens with two attached hydrogens (primary N) is 1. The normalized spacial score (nSPS) is 24.1. The number of rotatable bonds is 11. The summed E-state index contributed by atoms with van der Waals surface area (Å²) in [4.78, 5) is 75.9. The molecule has 4 atom stereocenters. The van der Waals surface area contributed by atoms with Crippen molar-refractivity contribution in [1.82, 2.24) is 20.1 Å². The van der Waals surface area contributed by atoms with E-state index in [0.717, 1.165) is 40.9 Å². The third kappa shape index (κ3) is 6.66. The number of fused-ring (bicyclic) bond motifs is 1. The number of thioether (sulfide) groups is 2. The highest BCUT2D eigenvalue weighted by Crippen LogP contribution is 2.53. The number of benzene rings is 1. The molecule has 0 bridgehead atoms. The predicted molar refractivity (Wildman–Crippen MR) is 174 cm³/mol. The maximum atomic E-state index is 13.4. The van der Waals surface area contributed by atoms with Gasteiger partial charge in [0.2, 0.25) is 11.5 Å². The van der Waals surface area contributed by atoms with Gasteiger partial charge in [0.15, 0.2) is 26.4 Å². The zero-order chi connectivity index (χ0) is 35.1. The lowest BCUT2D eigenvalue weighted by atomic mass is 10.1. The van der Waals surface area contributed by atoms with Gasteiger partial charge >= 0.3 is 11.9 Å². The Morgan fingerprint density at radius 1 is 1.29 bits per heavy atom. The lowest BCUT2D eigenvalue weighted by Gasteiger charge is -2.41. The number of phenolic OH excluding ortho intramolecular Hbond substituents is 2. The van der Waals surface area contributed by atoms with Gasteiger partial charge in [0.1, 0.15) is 17.1 Å². The molecule has 0 spiro atoms. The summed E-state index contributed by atoms with van der Waals surface area (Å²) in [5, 5.41) is 46.1. The first kappa shape index (κ1) is 35.3. The average molecular weight is 745 g/mol. The second-order valence-corrected chi connectivity index (χ2v) is 15.5. The number of amides is 3. The van der Waals surface area contributed by atoms with Crippen LogP contribution in [0.1, 0.15) is 29.9 Å². The number of carboxylic acids is 2. The van der Waals surface area contributed by atoms with Crippen molar-refractivity contribution >= 4 is 87.0 Å². The molecule has 7 N–H and O–H groups in total. The molecule has 4 heterocycles. The number of hydrogen-bond donors (Lipinski definition) is 6. The fraction of sp³-hybridized carbons (Fsp3) is 0.444. The molecule has 17 nitrogen and oxygen atoms in total. The van der Waals surface area contributed by atoms with Gasteiger partial charge in [-0.2, -0.15) is 0 Å². The number of carbonyl (C=O) groups excluding carboxylic acids is 3. The third-order valence-corrected chi connectivity index (χ3v) is 12.1. The molecule has 1 aromatic heterocycles. The molecule has 0 saturated carbocycles. The number of anilines is 1. The summed E-state index contributed by atoms with van der Waals surface area (Å²) in [6.07, 6.45) is 0. The predicted octanol–water partition coefficient (Wildman–Crippen LogP) is 0.829. The van der Waals surface area contributed by atoms with Crippen LogP contribution < -0.4 is 11.1 Å². The van der Waals surface area contributed by atoms with Crippen molar-refractivity contribution in [2.75, 3.05) is 37.8 Å². The summed E-state index contributed by atoms with van der Waals surface area (Å²) in [7, 11) is 0. The number of halogens is 1. The van der Waals surface area contributed by atoms with Gasteiger partial charge < -0.3 is 50.9 Å². The minimum absolute atomic E-state index is 0.0214. The molecule has 3 saturated heterocycles. The van der Waals surface area contributed by atoms with E-state index in [0.29, 0.717) is 0 Å². The molecule has 2 aromatic rings. The topological polar surface area (TPSA) is 255 Å². The van der Waals surface area contributed by atoms with Gasteiger partial charge in [0.05, 0.1) is 36.4 Å². The molecule has 0 aliphatic carbocycles. The van der Waals surface area contributed by atoms with E-state index >= 15 is 0 Å². The van der Waals surface area contributed by atoms with Crippen LogP contribution in [0.25, 0.3) is 0 Å². The highest BCUT2D eigenvalue weighted by Gasteiger charge is 2.63. The van der Waals surface area contributed by atoms with Crippen molar-refractivity contribution in [3.8, 4) is 11.5 Å². The molecule has 258 valence electrons. The van der Waals surface area contributed by atoms with Crippen LogP contribution in [-0.2, 0) is 28.8 Å². The van der Waals surface area contributed by atoms with Gasteiger partial charge in [-0.3, -0.25) is 14.4 Å². The number of nitrogen functional groups attached to an aromatic ring is 1. The maximum Gasteiger partial charge on any atom is 0.350 e. The molecule has 21 heteroatoms. The molecular weight excluding hydrogens is 716 g/mol. The van der Waals surface area contributed by atoms with E-state index in [2.05, 4.69) is 15.5 Å². The van der Waals surface area contributed by atoms with Crippen LogP contribution in [0.5, 0.6) is 11.5 Å². The van der Waals surface area contributed by atoms with Gasteiger partial charge in [-0.05, 0) is 26.0 Å². The van der Waals surface area contributed by atoms with Crippen LogP contribution in [-0.4, -0.2) is 130 Å². The number of carbonyl (C=O) groups is 5. The molecular formula is C27H29ClN6O11S3. The van der Waals surface area contributed by atoms with Crippen LogP contribution in [0.3, 0.4) is 0 Å². The number of nitrogens with zero attached hydrogens (tertiary/aromatic N) is 4. The third-order valence-electron chi connectivity index (χ3n) is 7.63. The summed E-state index contributed by atoms with van der Waals surface area (Å²) in [6.45, 7) is 2.67. The number of ether oxygens (including phenoxy) is 1. The molecule has 3 amide bonds. The Bertz CT molecular complexity index is 1710. The Morgan fingerprint density at radius 2 is 2.02 bits per heavy atom. The van der Waals surface area contributed by atoms with Crippen molar-refractivity contribution in [3.63, 3.8) is 0 Å². The van der Waals surface area contributed by atoms with Crippen LogP contribution in [0.2, 0.25) is 5.02 Å². The minimum Gasteiger partial charge on any atom is -0.504 e. The van der Waals surface area contributed by atoms with E-state index in [1.165, 1.54) is 35.1 Å². The number of phenols is 2. The maximum absolute atomic E-state index is 13.4. The smallest absolute Gasteiger partial charge is 0.350 e. The van der Waals surface area contributed by atoms with Crippen molar-refractivity contribution in [1.29, 1.82) is 0 Å². The van der Waals surface area contributed by atoms with Gasteiger partial charge in [-0.15, -0.1) is 34.9 Å². The summed E-state index contributed by atoms with van der Waals surface area (Å²) in [5.74, 6) is -5.66. The minimum atomic E-state index is -1.81. The van der Waals surface area contributed by atoms with Crippen LogP contribution in [0, 0.1) is 0 Å². The monoisotopic (exact) mass is 744 g/mol. The quantitative estimate of drug-likeness (QED) is 0.0806. The van der Waals surface area contributed by atoms with Crippen molar-refractivity contribution < 1.29 is 54.0 Å². The van der Waals surface area contributed by atoms with E-state index in [1.807, 2.05) is 0 Å². The zero-order valence-electron chi connectivity index (χ0n) is 25.1. The van der Waals surface area contributed by atoms with E-state index in [1.54, 1.807) is 0 Å². The first-order valence-corrected chi connectivity index (χ1v) is 17.1. The number of aromatic nitrogens is 1.